The van der Waals surface area contributed by atoms with Gasteiger partial charge in [0, 0.05) is 7.11 Å². The third-order valence-electron chi connectivity index (χ3n) is 1.85. The molecule has 1 aromatic rings. The van der Waals surface area contributed by atoms with Crippen molar-refractivity contribution in [2.24, 2.45) is 0 Å². The molecule has 15 heavy (non-hydrogen) atoms. The Bertz CT molecular complexity index is 350. The van der Waals surface area contributed by atoms with Gasteiger partial charge >= 0.3 is 5.82 Å². The number of aromatic nitrogens is 2. The third kappa shape index (κ3) is 3.00. The summed E-state index contributed by atoms with van der Waals surface area (Å²) in [5.41, 5.74) is 0.476. The highest BCUT2D eigenvalue weighted by Gasteiger charge is 2.18. The predicted molar refractivity (Wildman–Crippen MR) is 51.5 cm³/mol. The number of aliphatic hydroxyl groups is 1. The summed E-state index contributed by atoms with van der Waals surface area (Å²) < 4.78 is 6.08. The number of hydrogen-bond acceptors (Lipinski definition) is 5. The SMILES string of the molecule is COCC(O)Cn1cc(C)c([N+](=O)[O-])n1. The number of rotatable bonds is 5. The van der Waals surface area contributed by atoms with Gasteiger partial charge in [-0.2, -0.15) is 4.68 Å². The first-order valence-corrected chi connectivity index (χ1v) is 4.40. The number of hydrogen-bond donors (Lipinski definition) is 1. The van der Waals surface area contributed by atoms with Crippen LogP contribution in [0.5, 0.6) is 0 Å². The fourth-order valence-corrected chi connectivity index (χ4v) is 1.25. The minimum Gasteiger partial charge on any atom is -0.389 e. The molecule has 0 bridgehead atoms. The molecule has 0 aliphatic rings. The summed E-state index contributed by atoms with van der Waals surface area (Å²) >= 11 is 0. The molecular weight excluding hydrogens is 202 g/mol. The summed E-state index contributed by atoms with van der Waals surface area (Å²) in [6.45, 7) is 1.96. The Balaban J connectivity index is 2.71. The van der Waals surface area contributed by atoms with Crippen molar-refractivity contribution < 1.29 is 14.8 Å². The molecule has 1 unspecified atom stereocenters. The third-order valence-corrected chi connectivity index (χ3v) is 1.85. The van der Waals surface area contributed by atoms with Crippen LogP contribution in [0.4, 0.5) is 5.82 Å². The molecule has 0 saturated heterocycles. The molecule has 0 aliphatic heterocycles. The van der Waals surface area contributed by atoms with Crippen LogP contribution in [-0.4, -0.2) is 39.6 Å². The topological polar surface area (TPSA) is 90.4 Å². The molecule has 0 fully saturated rings. The molecule has 0 radical (unpaired) electrons. The zero-order chi connectivity index (χ0) is 11.4. The van der Waals surface area contributed by atoms with Crippen LogP contribution in [0.25, 0.3) is 0 Å². The lowest BCUT2D eigenvalue weighted by atomic mass is 10.3. The van der Waals surface area contributed by atoms with Crippen molar-refractivity contribution in [1.29, 1.82) is 0 Å². The Morgan fingerprint density at radius 2 is 2.47 bits per heavy atom. The maximum absolute atomic E-state index is 10.5. The summed E-state index contributed by atoms with van der Waals surface area (Å²) in [7, 11) is 1.47. The molecule has 0 aromatic carbocycles. The van der Waals surface area contributed by atoms with Crippen LogP contribution in [0.2, 0.25) is 0 Å². The molecule has 0 saturated carbocycles. The molecule has 7 nitrogen and oxygen atoms in total. The van der Waals surface area contributed by atoms with Gasteiger partial charge in [-0.15, -0.1) is 0 Å². The second-order valence-electron chi connectivity index (χ2n) is 3.22. The van der Waals surface area contributed by atoms with Crippen LogP contribution >= 0.6 is 0 Å². The van der Waals surface area contributed by atoms with Crippen LogP contribution in [0.1, 0.15) is 5.56 Å². The molecule has 84 valence electrons. The summed E-state index contributed by atoms with van der Waals surface area (Å²) in [6, 6.07) is 0. The molecule has 0 amide bonds. The highest BCUT2D eigenvalue weighted by molar-refractivity contribution is 5.27. The van der Waals surface area contributed by atoms with Crippen molar-refractivity contribution in [3.05, 3.63) is 21.9 Å². The molecular formula is C8H13N3O4. The smallest absolute Gasteiger partial charge is 0.389 e. The van der Waals surface area contributed by atoms with Gasteiger partial charge in [-0.05, 0) is 11.8 Å². The van der Waals surface area contributed by atoms with Gasteiger partial charge in [-0.25, -0.2) is 0 Å². The summed E-state index contributed by atoms with van der Waals surface area (Å²) in [4.78, 5) is 9.94. The minimum absolute atomic E-state index is 0.173. The lowest BCUT2D eigenvalue weighted by Gasteiger charge is -2.05. The van der Waals surface area contributed by atoms with E-state index in [9.17, 15) is 15.2 Å². The van der Waals surface area contributed by atoms with Crippen molar-refractivity contribution in [3.63, 3.8) is 0 Å². The van der Waals surface area contributed by atoms with E-state index < -0.39 is 11.0 Å². The quantitative estimate of drug-likeness (QED) is 0.556. The van der Waals surface area contributed by atoms with Crippen molar-refractivity contribution in [2.45, 2.75) is 19.6 Å². The van der Waals surface area contributed by atoms with Gasteiger partial charge < -0.3 is 20.0 Å². The summed E-state index contributed by atoms with van der Waals surface area (Å²) in [5, 5.41) is 23.6. The van der Waals surface area contributed by atoms with E-state index >= 15 is 0 Å². The zero-order valence-electron chi connectivity index (χ0n) is 8.58. The first kappa shape index (κ1) is 11.6. The van der Waals surface area contributed by atoms with E-state index in [0.717, 1.165) is 0 Å². The zero-order valence-corrected chi connectivity index (χ0v) is 8.58. The Hall–Kier alpha value is -1.47. The maximum atomic E-state index is 10.5. The van der Waals surface area contributed by atoms with Crippen LogP contribution < -0.4 is 0 Å². The molecule has 0 aliphatic carbocycles. The molecule has 1 atom stereocenters. The molecule has 7 heteroatoms. The van der Waals surface area contributed by atoms with Gasteiger partial charge in [0.1, 0.15) is 0 Å². The Morgan fingerprint density at radius 1 is 1.80 bits per heavy atom. The van der Waals surface area contributed by atoms with E-state index in [4.69, 9.17) is 4.74 Å². The van der Waals surface area contributed by atoms with Crippen LogP contribution in [0.3, 0.4) is 0 Å². The molecule has 0 spiro atoms. The first-order chi connectivity index (χ1) is 7.04. The van der Waals surface area contributed by atoms with Crippen LogP contribution in [0, 0.1) is 17.0 Å². The van der Waals surface area contributed by atoms with E-state index in [2.05, 4.69) is 5.10 Å². The highest BCUT2D eigenvalue weighted by Crippen LogP contribution is 2.13. The van der Waals surface area contributed by atoms with Crippen LogP contribution in [0.15, 0.2) is 6.20 Å². The van der Waals surface area contributed by atoms with Gasteiger partial charge in [0.05, 0.1) is 36.1 Å². The summed E-state index contributed by atoms with van der Waals surface area (Å²) in [5.74, 6) is -0.181. The largest absolute Gasteiger partial charge is 0.392 e. The fraction of sp³-hybridized carbons (Fsp3) is 0.625. The lowest BCUT2D eigenvalue weighted by Crippen LogP contribution is -2.21. The first-order valence-electron chi connectivity index (χ1n) is 4.40. The fourth-order valence-electron chi connectivity index (χ4n) is 1.25. The van der Waals surface area contributed by atoms with E-state index in [1.165, 1.54) is 18.0 Å². The highest BCUT2D eigenvalue weighted by atomic mass is 16.6. The lowest BCUT2D eigenvalue weighted by molar-refractivity contribution is -0.390. The number of nitrogens with zero attached hydrogens (tertiary/aromatic N) is 3. The number of nitro groups is 1. The molecule has 1 N–H and O–H groups in total. The van der Waals surface area contributed by atoms with Gasteiger partial charge in [0.25, 0.3) is 0 Å². The van der Waals surface area contributed by atoms with E-state index in [-0.39, 0.29) is 19.0 Å². The average molecular weight is 215 g/mol. The number of ether oxygens (including phenoxy) is 1. The predicted octanol–water partition coefficient (Wildman–Crippen LogP) is 0.107. The monoisotopic (exact) mass is 215 g/mol. The van der Waals surface area contributed by atoms with Gasteiger partial charge in [-0.3, -0.25) is 0 Å². The number of aliphatic hydroxyl groups excluding tert-OH is 1. The Morgan fingerprint density at radius 3 is 2.93 bits per heavy atom. The average Bonchev–Trinajstić information content (AvgIpc) is 2.47. The number of aryl methyl sites for hydroxylation is 1. The summed E-state index contributed by atoms with van der Waals surface area (Å²) in [6.07, 6.45) is 0.811. The standard InChI is InChI=1S/C8H13N3O4/c1-6-3-10(4-7(12)5-15-2)9-8(6)11(13)14/h3,7,12H,4-5H2,1-2H3. The number of methoxy groups -OCH3 is 1. The van der Waals surface area contributed by atoms with E-state index in [1.807, 2.05) is 0 Å². The van der Waals surface area contributed by atoms with E-state index in [0.29, 0.717) is 5.56 Å². The van der Waals surface area contributed by atoms with Gasteiger partial charge in [-0.1, -0.05) is 0 Å². The van der Waals surface area contributed by atoms with Gasteiger partial charge in [0.15, 0.2) is 0 Å². The normalized spacial score (nSPS) is 12.7. The van der Waals surface area contributed by atoms with Crippen molar-refractivity contribution in [1.82, 2.24) is 9.78 Å². The second kappa shape index (κ2) is 4.85. The van der Waals surface area contributed by atoms with E-state index in [1.54, 1.807) is 6.92 Å². The molecule has 1 rings (SSSR count). The molecule has 1 aromatic heterocycles. The van der Waals surface area contributed by atoms with Crippen molar-refractivity contribution in [3.8, 4) is 0 Å². The Labute approximate surface area is 86.4 Å². The maximum Gasteiger partial charge on any atom is 0.392 e. The molecule has 1 heterocycles. The Kier molecular flexibility index (Phi) is 3.75. The van der Waals surface area contributed by atoms with Crippen molar-refractivity contribution >= 4 is 5.82 Å². The van der Waals surface area contributed by atoms with Crippen molar-refractivity contribution in [2.75, 3.05) is 13.7 Å². The minimum atomic E-state index is -0.714. The van der Waals surface area contributed by atoms with Crippen LogP contribution in [-0.2, 0) is 11.3 Å². The second-order valence-corrected chi connectivity index (χ2v) is 3.22. The van der Waals surface area contributed by atoms with Gasteiger partial charge in [0.2, 0.25) is 0 Å².